The molecule has 5 nitrogen and oxygen atoms in total. The molecule has 1 heterocycles. The molecular weight excluding hydrogens is 290 g/mol. The molecule has 0 bridgehead atoms. The van der Waals surface area contributed by atoms with E-state index < -0.39 is 0 Å². The van der Waals surface area contributed by atoms with E-state index in [1.54, 1.807) is 11.7 Å². The molecule has 0 spiro atoms. The standard InChI is InChI=1S/C9H10BrN5S/c1-5-3-8(6(10)4-7(5)11)16-9-12-13-14-15(9)2/h3-4H,11H2,1-2H3. The van der Waals surface area contributed by atoms with Crippen molar-refractivity contribution in [2.24, 2.45) is 7.05 Å². The fourth-order valence-electron chi connectivity index (χ4n) is 1.15. The Hall–Kier alpha value is -1.08. The van der Waals surface area contributed by atoms with Crippen LogP contribution in [-0.2, 0) is 7.05 Å². The van der Waals surface area contributed by atoms with E-state index in [0.717, 1.165) is 25.8 Å². The van der Waals surface area contributed by atoms with Crippen LogP contribution in [0.15, 0.2) is 26.7 Å². The highest BCUT2D eigenvalue weighted by Crippen LogP contribution is 2.34. The minimum absolute atomic E-state index is 0.741. The topological polar surface area (TPSA) is 69.6 Å². The molecule has 0 saturated carbocycles. The van der Waals surface area contributed by atoms with Crippen LogP contribution in [0, 0.1) is 6.92 Å². The summed E-state index contributed by atoms with van der Waals surface area (Å²) in [6, 6.07) is 3.90. The van der Waals surface area contributed by atoms with E-state index in [1.165, 1.54) is 11.8 Å². The van der Waals surface area contributed by atoms with Crippen molar-refractivity contribution in [1.29, 1.82) is 0 Å². The number of aryl methyl sites for hydroxylation is 2. The second kappa shape index (κ2) is 4.42. The molecule has 2 aromatic rings. The van der Waals surface area contributed by atoms with Gasteiger partial charge in [-0.1, -0.05) is 0 Å². The Morgan fingerprint density at radius 3 is 2.81 bits per heavy atom. The third-order valence-corrected chi connectivity index (χ3v) is 4.11. The molecular formula is C9H10BrN5S. The Kier molecular flexibility index (Phi) is 3.15. The molecule has 1 aromatic heterocycles. The number of halogens is 1. The molecule has 7 heteroatoms. The van der Waals surface area contributed by atoms with Gasteiger partial charge in [0.2, 0.25) is 5.16 Å². The molecule has 0 atom stereocenters. The summed E-state index contributed by atoms with van der Waals surface area (Å²) in [6.07, 6.45) is 0. The zero-order chi connectivity index (χ0) is 11.7. The molecule has 16 heavy (non-hydrogen) atoms. The SMILES string of the molecule is Cc1cc(Sc2nnnn2C)c(Br)cc1N. The van der Waals surface area contributed by atoms with Crippen molar-refractivity contribution < 1.29 is 0 Å². The third-order valence-electron chi connectivity index (χ3n) is 2.10. The molecule has 0 aliphatic carbocycles. The summed E-state index contributed by atoms with van der Waals surface area (Å²) in [7, 11) is 1.81. The average Bonchev–Trinajstić information content (AvgIpc) is 2.61. The van der Waals surface area contributed by atoms with Gasteiger partial charge in [0.25, 0.3) is 0 Å². The number of nitrogens with two attached hydrogens (primary N) is 1. The second-order valence-corrected chi connectivity index (χ2v) is 5.19. The first-order valence-electron chi connectivity index (χ1n) is 4.54. The molecule has 2 N–H and O–H groups in total. The van der Waals surface area contributed by atoms with Gasteiger partial charge in [-0.05, 0) is 62.7 Å². The lowest BCUT2D eigenvalue weighted by molar-refractivity contribution is 0.664. The van der Waals surface area contributed by atoms with Gasteiger partial charge in [0.15, 0.2) is 0 Å². The van der Waals surface area contributed by atoms with Crippen LogP contribution in [0.1, 0.15) is 5.56 Å². The number of anilines is 1. The highest BCUT2D eigenvalue weighted by atomic mass is 79.9. The Morgan fingerprint density at radius 2 is 2.19 bits per heavy atom. The number of aromatic nitrogens is 4. The highest BCUT2D eigenvalue weighted by Gasteiger charge is 2.09. The van der Waals surface area contributed by atoms with Crippen molar-refractivity contribution in [2.45, 2.75) is 17.0 Å². The molecule has 0 saturated heterocycles. The van der Waals surface area contributed by atoms with Gasteiger partial charge in [0.05, 0.1) is 0 Å². The van der Waals surface area contributed by atoms with Crippen LogP contribution in [0.2, 0.25) is 0 Å². The second-order valence-electron chi connectivity index (χ2n) is 3.33. The quantitative estimate of drug-likeness (QED) is 0.859. The van der Waals surface area contributed by atoms with E-state index in [1.807, 2.05) is 19.1 Å². The van der Waals surface area contributed by atoms with Gasteiger partial charge in [0.1, 0.15) is 0 Å². The zero-order valence-electron chi connectivity index (χ0n) is 8.81. The van der Waals surface area contributed by atoms with E-state index >= 15 is 0 Å². The van der Waals surface area contributed by atoms with E-state index in [2.05, 4.69) is 31.5 Å². The van der Waals surface area contributed by atoms with Crippen LogP contribution >= 0.6 is 27.7 Å². The van der Waals surface area contributed by atoms with Crippen molar-refractivity contribution in [3.8, 4) is 0 Å². The summed E-state index contributed by atoms with van der Waals surface area (Å²) in [5.41, 5.74) is 7.62. The first-order valence-corrected chi connectivity index (χ1v) is 6.14. The van der Waals surface area contributed by atoms with Crippen molar-refractivity contribution in [3.63, 3.8) is 0 Å². The normalized spacial score (nSPS) is 10.7. The number of rotatable bonds is 2. The van der Waals surface area contributed by atoms with Gasteiger partial charge in [-0.15, -0.1) is 5.10 Å². The third kappa shape index (κ3) is 2.19. The Labute approximate surface area is 106 Å². The smallest absolute Gasteiger partial charge is 0.213 e. The van der Waals surface area contributed by atoms with Gasteiger partial charge in [-0.25, -0.2) is 4.68 Å². The predicted molar refractivity (Wildman–Crippen MR) is 66.2 cm³/mol. The van der Waals surface area contributed by atoms with Gasteiger partial charge >= 0.3 is 0 Å². The molecule has 84 valence electrons. The first-order chi connectivity index (χ1) is 7.58. The fraction of sp³-hybridized carbons (Fsp3) is 0.222. The van der Waals surface area contributed by atoms with Crippen LogP contribution in [0.5, 0.6) is 0 Å². The van der Waals surface area contributed by atoms with Crippen LogP contribution < -0.4 is 5.73 Å². The monoisotopic (exact) mass is 299 g/mol. The van der Waals surface area contributed by atoms with E-state index in [4.69, 9.17) is 5.73 Å². The maximum absolute atomic E-state index is 5.81. The van der Waals surface area contributed by atoms with Gasteiger partial charge in [-0.2, -0.15) is 0 Å². The van der Waals surface area contributed by atoms with Gasteiger partial charge in [-0.3, -0.25) is 0 Å². The summed E-state index contributed by atoms with van der Waals surface area (Å²) < 4.78 is 2.58. The van der Waals surface area contributed by atoms with Crippen molar-refractivity contribution >= 4 is 33.4 Å². The van der Waals surface area contributed by atoms with Gasteiger partial charge in [0, 0.05) is 22.1 Å². The molecule has 0 amide bonds. The zero-order valence-corrected chi connectivity index (χ0v) is 11.2. The van der Waals surface area contributed by atoms with Crippen LogP contribution in [-0.4, -0.2) is 20.2 Å². The maximum atomic E-state index is 5.81. The molecule has 2 rings (SSSR count). The first kappa shape index (κ1) is 11.4. The maximum Gasteiger partial charge on any atom is 0.213 e. The van der Waals surface area contributed by atoms with Gasteiger partial charge < -0.3 is 5.73 Å². The summed E-state index contributed by atoms with van der Waals surface area (Å²) in [6.45, 7) is 1.97. The molecule has 0 fully saturated rings. The number of benzene rings is 1. The number of hydrogen-bond acceptors (Lipinski definition) is 5. The van der Waals surface area contributed by atoms with Crippen molar-refractivity contribution in [2.75, 3.05) is 5.73 Å². The molecule has 0 aliphatic heterocycles. The molecule has 1 aromatic carbocycles. The Morgan fingerprint density at radius 1 is 1.44 bits per heavy atom. The largest absolute Gasteiger partial charge is 0.398 e. The van der Waals surface area contributed by atoms with Crippen molar-refractivity contribution in [3.05, 3.63) is 22.2 Å². The Bertz CT molecular complexity index is 525. The van der Waals surface area contributed by atoms with E-state index in [9.17, 15) is 0 Å². The number of nitrogen functional groups attached to an aromatic ring is 1. The fourth-order valence-corrected chi connectivity index (χ4v) is 2.59. The van der Waals surface area contributed by atoms with E-state index in [0.29, 0.717) is 0 Å². The van der Waals surface area contributed by atoms with Crippen LogP contribution in [0.4, 0.5) is 5.69 Å². The lowest BCUT2D eigenvalue weighted by Crippen LogP contribution is -1.94. The summed E-state index contributed by atoms with van der Waals surface area (Å²) in [5, 5.41) is 12.0. The lowest BCUT2D eigenvalue weighted by atomic mass is 10.2. The van der Waals surface area contributed by atoms with Crippen molar-refractivity contribution in [1.82, 2.24) is 20.2 Å². The lowest BCUT2D eigenvalue weighted by Gasteiger charge is -2.06. The predicted octanol–water partition coefficient (Wildman–Crippen LogP) is 2.01. The van der Waals surface area contributed by atoms with Crippen LogP contribution in [0.25, 0.3) is 0 Å². The number of hydrogen-bond donors (Lipinski definition) is 1. The highest BCUT2D eigenvalue weighted by molar-refractivity contribution is 9.10. The average molecular weight is 300 g/mol. The molecule has 0 aliphatic rings. The van der Waals surface area contributed by atoms with E-state index in [-0.39, 0.29) is 0 Å². The van der Waals surface area contributed by atoms with Crippen LogP contribution in [0.3, 0.4) is 0 Å². The number of nitrogens with zero attached hydrogens (tertiary/aromatic N) is 4. The summed E-state index contributed by atoms with van der Waals surface area (Å²) >= 11 is 4.97. The minimum atomic E-state index is 0.741. The summed E-state index contributed by atoms with van der Waals surface area (Å²) in [5.74, 6) is 0. The summed E-state index contributed by atoms with van der Waals surface area (Å²) in [4.78, 5) is 1.05. The minimum Gasteiger partial charge on any atom is -0.398 e. The molecule has 0 radical (unpaired) electrons. The molecule has 0 unspecified atom stereocenters. The Balaban J connectivity index is 2.35. The number of tetrazole rings is 1.